The molecule has 0 spiro atoms. The first-order valence-electron chi connectivity index (χ1n) is 5.80. The molecule has 0 aliphatic heterocycles. The molecule has 1 aromatic rings. The van der Waals surface area contributed by atoms with Gasteiger partial charge >= 0.3 is 11.7 Å². The van der Waals surface area contributed by atoms with Crippen LogP contribution in [-0.2, 0) is 9.53 Å². The Morgan fingerprint density at radius 3 is 2.65 bits per heavy atom. The minimum atomic E-state index is -1.21. The summed E-state index contributed by atoms with van der Waals surface area (Å²) in [5.74, 6) is -2.04. The Hall–Kier alpha value is -2.42. The van der Waals surface area contributed by atoms with E-state index in [2.05, 4.69) is 10.3 Å². The quantitative estimate of drug-likeness (QED) is 0.457. The van der Waals surface area contributed by atoms with E-state index in [0.717, 1.165) is 6.07 Å². The number of hydrogen-bond acceptors (Lipinski definition) is 5. The zero-order chi connectivity index (χ0) is 15.1. The number of methoxy groups -OCH3 is 1. The summed E-state index contributed by atoms with van der Waals surface area (Å²) in [5, 5.41) is 11.2. The summed E-state index contributed by atoms with van der Waals surface area (Å²) < 4.78 is 4.79. The van der Waals surface area contributed by atoms with Gasteiger partial charge in [0.2, 0.25) is 0 Å². The SMILES string of the molecule is COCCCC(NC(=O)c1cc(=O)[nH]c(=O)[nH]1)C(=O)O. The fourth-order valence-corrected chi connectivity index (χ4v) is 1.52. The molecule has 0 aliphatic rings. The van der Waals surface area contributed by atoms with Gasteiger partial charge in [-0.15, -0.1) is 0 Å². The van der Waals surface area contributed by atoms with E-state index in [0.29, 0.717) is 13.0 Å². The van der Waals surface area contributed by atoms with Crippen LogP contribution in [0.3, 0.4) is 0 Å². The summed E-state index contributed by atoms with van der Waals surface area (Å²) in [6.07, 6.45) is 0.613. The van der Waals surface area contributed by atoms with Crippen molar-refractivity contribution < 1.29 is 19.4 Å². The highest BCUT2D eigenvalue weighted by molar-refractivity contribution is 5.94. The predicted octanol–water partition coefficient (Wildman–Crippen LogP) is -1.33. The largest absolute Gasteiger partial charge is 0.480 e. The first-order valence-corrected chi connectivity index (χ1v) is 5.80. The van der Waals surface area contributed by atoms with Gasteiger partial charge in [-0.25, -0.2) is 9.59 Å². The maximum absolute atomic E-state index is 11.8. The number of carboxylic acids is 1. The molecule has 20 heavy (non-hydrogen) atoms. The average Bonchev–Trinajstić information content (AvgIpc) is 2.36. The van der Waals surface area contributed by atoms with Crippen LogP contribution in [0.25, 0.3) is 0 Å². The fraction of sp³-hybridized carbons (Fsp3) is 0.455. The Morgan fingerprint density at radius 2 is 2.10 bits per heavy atom. The number of carboxylic acid groups (broad SMARTS) is 1. The second kappa shape index (κ2) is 7.24. The van der Waals surface area contributed by atoms with E-state index in [4.69, 9.17) is 9.84 Å². The van der Waals surface area contributed by atoms with Crippen LogP contribution in [0, 0.1) is 0 Å². The van der Waals surface area contributed by atoms with Crippen LogP contribution in [0.2, 0.25) is 0 Å². The maximum atomic E-state index is 11.8. The molecule has 0 aliphatic carbocycles. The third kappa shape index (κ3) is 4.69. The lowest BCUT2D eigenvalue weighted by atomic mass is 10.1. The Balaban J connectivity index is 2.77. The van der Waals surface area contributed by atoms with Crippen LogP contribution in [-0.4, -0.2) is 46.7 Å². The number of carbonyl (C=O) groups excluding carboxylic acids is 1. The van der Waals surface area contributed by atoms with Crippen molar-refractivity contribution >= 4 is 11.9 Å². The van der Waals surface area contributed by atoms with Crippen LogP contribution < -0.4 is 16.6 Å². The number of carbonyl (C=O) groups is 2. The van der Waals surface area contributed by atoms with E-state index >= 15 is 0 Å². The van der Waals surface area contributed by atoms with E-state index in [1.165, 1.54) is 7.11 Å². The van der Waals surface area contributed by atoms with Gasteiger partial charge in [0.05, 0.1) is 0 Å². The van der Waals surface area contributed by atoms with Gasteiger partial charge in [0.25, 0.3) is 11.5 Å². The van der Waals surface area contributed by atoms with Crippen molar-refractivity contribution in [2.24, 2.45) is 0 Å². The molecule has 9 nitrogen and oxygen atoms in total. The Bertz CT molecular complexity index is 562. The number of ether oxygens (including phenoxy) is 1. The molecule has 1 rings (SSSR count). The highest BCUT2D eigenvalue weighted by Crippen LogP contribution is 2.00. The number of amides is 1. The predicted molar refractivity (Wildman–Crippen MR) is 67.7 cm³/mol. The van der Waals surface area contributed by atoms with E-state index in [-0.39, 0.29) is 12.1 Å². The summed E-state index contributed by atoms with van der Waals surface area (Å²) in [7, 11) is 1.48. The Labute approximate surface area is 113 Å². The van der Waals surface area contributed by atoms with Crippen LogP contribution in [0.1, 0.15) is 23.3 Å². The fourth-order valence-electron chi connectivity index (χ4n) is 1.52. The summed E-state index contributed by atoms with van der Waals surface area (Å²) in [4.78, 5) is 48.9. The molecule has 0 radical (unpaired) electrons. The summed E-state index contributed by atoms with van der Waals surface area (Å²) in [5.41, 5.74) is -1.88. The van der Waals surface area contributed by atoms with Crippen LogP contribution in [0.5, 0.6) is 0 Å². The highest BCUT2D eigenvalue weighted by Gasteiger charge is 2.20. The van der Waals surface area contributed by atoms with Crippen molar-refractivity contribution in [1.82, 2.24) is 15.3 Å². The molecular weight excluding hydrogens is 270 g/mol. The molecule has 1 amide bonds. The van der Waals surface area contributed by atoms with Gasteiger partial charge in [-0.1, -0.05) is 0 Å². The molecular formula is C11H15N3O6. The van der Waals surface area contributed by atoms with E-state index in [1.807, 2.05) is 4.98 Å². The summed E-state index contributed by atoms with van der Waals surface area (Å²) >= 11 is 0. The number of aromatic amines is 2. The molecule has 1 aromatic heterocycles. The van der Waals surface area contributed by atoms with Crippen molar-refractivity contribution in [2.45, 2.75) is 18.9 Å². The van der Waals surface area contributed by atoms with Gasteiger partial charge in [0.1, 0.15) is 11.7 Å². The minimum absolute atomic E-state index is 0.169. The number of aromatic nitrogens is 2. The number of aliphatic carboxylic acids is 1. The number of H-pyrrole nitrogens is 2. The van der Waals surface area contributed by atoms with E-state index in [1.54, 1.807) is 0 Å². The molecule has 110 valence electrons. The standard InChI is InChI=1S/C11H15N3O6/c1-20-4-2-3-6(10(17)18)12-9(16)7-5-8(15)14-11(19)13-7/h5-6H,2-4H2,1H3,(H,12,16)(H,17,18)(H2,13,14,15,19). The molecule has 9 heteroatoms. The molecule has 0 fully saturated rings. The smallest absolute Gasteiger partial charge is 0.326 e. The topological polar surface area (TPSA) is 141 Å². The van der Waals surface area contributed by atoms with E-state index < -0.39 is 29.2 Å². The second-order valence-corrected chi connectivity index (χ2v) is 4.00. The average molecular weight is 285 g/mol. The normalized spacial score (nSPS) is 11.8. The van der Waals surface area contributed by atoms with Crippen molar-refractivity contribution in [3.05, 3.63) is 32.6 Å². The molecule has 1 heterocycles. The molecule has 4 N–H and O–H groups in total. The van der Waals surface area contributed by atoms with Gasteiger partial charge < -0.3 is 20.1 Å². The van der Waals surface area contributed by atoms with Crippen molar-refractivity contribution in [1.29, 1.82) is 0 Å². The second-order valence-electron chi connectivity index (χ2n) is 4.00. The number of nitrogens with one attached hydrogen (secondary N) is 3. The summed E-state index contributed by atoms with van der Waals surface area (Å²) in [6, 6.07) is -0.245. The molecule has 0 saturated heterocycles. The first-order chi connectivity index (χ1) is 9.43. The molecule has 0 bridgehead atoms. The van der Waals surface area contributed by atoms with Crippen molar-refractivity contribution in [3.8, 4) is 0 Å². The first kappa shape index (κ1) is 15.6. The van der Waals surface area contributed by atoms with Gasteiger partial charge in [0, 0.05) is 19.8 Å². The Morgan fingerprint density at radius 1 is 1.40 bits per heavy atom. The maximum Gasteiger partial charge on any atom is 0.326 e. The summed E-state index contributed by atoms with van der Waals surface area (Å²) in [6.45, 7) is 0.363. The number of rotatable bonds is 7. The lowest BCUT2D eigenvalue weighted by Crippen LogP contribution is -2.42. The molecule has 0 aromatic carbocycles. The third-order valence-electron chi connectivity index (χ3n) is 2.45. The third-order valence-corrected chi connectivity index (χ3v) is 2.45. The van der Waals surface area contributed by atoms with Gasteiger partial charge in [-0.2, -0.15) is 0 Å². The number of hydrogen-bond donors (Lipinski definition) is 4. The van der Waals surface area contributed by atoms with Crippen LogP contribution in [0.4, 0.5) is 0 Å². The zero-order valence-electron chi connectivity index (χ0n) is 10.8. The molecule has 1 atom stereocenters. The zero-order valence-corrected chi connectivity index (χ0v) is 10.8. The highest BCUT2D eigenvalue weighted by atomic mass is 16.5. The van der Waals surface area contributed by atoms with Gasteiger partial charge in [-0.05, 0) is 12.8 Å². The lowest BCUT2D eigenvalue weighted by molar-refractivity contribution is -0.139. The molecule has 1 unspecified atom stereocenters. The van der Waals surface area contributed by atoms with Crippen LogP contribution >= 0.6 is 0 Å². The Kier molecular flexibility index (Phi) is 5.66. The lowest BCUT2D eigenvalue weighted by Gasteiger charge is -2.13. The van der Waals surface area contributed by atoms with Gasteiger partial charge in [-0.3, -0.25) is 14.6 Å². The van der Waals surface area contributed by atoms with Crippen molar-refractivity contribution in [2.75, 3.05) is 13.7 Å². The molecule has 0 saturated carbocycles. The van der Waals surface area contributed by atoms with E-state index in [9.17, 15) is 19.2 Å². The monoisotopic (exact) mass is 285 g/mol. The minimum Gasteiger partial charge on any atom is -0.480 e. The van der Waals surface area contributed by atoms with Crippen LogP contribution in [0.15, 0.2) is 15.7 Å². The van der Waals surface area contributed by atoms with Crippen molar-refractivity contribution in [3.63, 3.8) is 0 Å². The van der Waals surface area contributed by atoms with Gasteiger partial charge in [0.15, 0.2) is 0 Å².